The maximum Gasteiger partial charge on any atom is 0.343 e. The van der Waals surface area contributed by atoms with Crippen LogP contribution in [-0.4, -0.2) is 44.2 Å². The van der Waals surface area contributed by atoms with Gasteiger partial charge < -0.3 is 25.2 Å². The molecule has 3 atom stereocenters. The van der Waals surface area contributed by atoms with E-state index in [-0.39, 0.29) is 23.5 Å². The summed E-state index contributed by atoms with van der Waals surface area (Å²) in [5.41, 5.74) is -0.360. The molecule has 0 unspecified atom stereocenters. The van der Waals surface area contributed by atoms with Crippen molar-refractivity contribution in [2.24, 2.45) is 0 Å². The summed E-state index contributed by atoms with van der Waals surface area (Å²) >= 11 is 0. The summed E-state index contributed by atoms with van der Waals surface area (Å²) in [7, 11) is 0. The maximum atomic E-state index is 12.0. The van der Waals surface area contributed by atoms with Crippen molar-refractivity contribution in [1.82, 2.24) is 0 Å². The van der Waals surface area contributed by atoms with Crippen LogP contribution in [0.4, 0.5) is 0 Å². The SMILES string of the molecule is C[C@]12C[C@@H](O)[C@H](O)C=C1c1cc(O)cc(O)c1C(=O)O2. The summed E-state index contributed by atoms with van der Waals surface area (Å²) in [5.74, 6) is -1.30. The number of esters is 1. The van der Waals surface area contributed by atoms with Gasteiger partial charge in [-0.25, -0.2) is 4.79 Å². The molecule has 0 fully saturated rings. The van der Waals surface area contributed by atoms with Crippen LogP contribution in [0.1, 0.15) is 29.3 Å². The van der Waals surface area contributed by atoms with Crippen molar-refractivity contribution in [2.45, 2.75) is 31.2 Å². The number of rotatable bonds is 0. The summed E-state index contributed by atoms with van der Waals surface area (Å²) in [6.07, 6.45) is -0.698. The summed E-state index contributed by atoms with van der Waals surface area (Å²) in [6.45, 7) is 1.62. The highest BCUT2D eigenvalue weighted by Crippen LogP contribution is 2.47. The molecule has 2 aliphatic rings. The molecule has 1 heterocycles. The van der Waals surface area contributed by atoms with E-state index in [0.717, 1.165) is 6.07 Å². The topological polar surface area (TPSA) is 107 Å². The largest absolute Gasteiger partial charge is 0.508 e. The van der Waals surface area contributed by atoms with Gasteiger partial charge in [0.1, 0.15) is 22.7 Å². The van der Waals surface area contributed by atoms with Crippen LogP contribution in [-0.2, 0) is 4.74 Å². The van der Waals surface area contributed by atoms with E-state index < -0.39 is 23.8 Å². The van der Waals surface area contributed by atoms with Crippen molar-refractivity contribution < 1.29 is 30.0 Å². The minimum absolute atomic E-state index is 0.0433. The predicted molar refractivity (Wildman–Crippen MR) is 68.2 cm³/mol. The Hall–Kier alpha value is -2.05. The number of hydrogen-bond donors (Lipinski definition) is 4. The van der Waals surface area contributed by atoms with Crippen molar-refractivity contribution >= 4 is 11.5 Å². The van der Waals surface area contributed by atoms with E-state index in [4.69, 9.17) is 4.74 Å². The van der Waals surface area contributed by atoms with Gasteiger partial charge in [-0.05, 0) is 19.1 Å². The lowest BCUT2D eigenvalue weighted by atomic mass is 9.75. The van der Waals surface area contributed by atoms with Crippen LogP contribution in [0.25, 0.3) is 5.57 Å². The van der Waals surface area contributed by atoms with Gasteiger partial charge in [0.05, 0.1) is 12.2 Å². The number of phenolic OH excluding ortho intramolecular Hbond substituents is 2. The average molecular weight is 278 g/mol. The monoisotopic (exact) mass is 278 g/mol. The van der Waals surface area contributed by atoms with Gasteiger partial charge in [-0.2, -0.15) is 0 Å². The third-order valence-corrected chi connectivity index (χ3v) is 3.81. The molecular weight excluding hydrogens is 264 g/mol. The number of carbonyl (C=O) groups excluding carboxylic acids is 1. The Bertz CT molecular complexity index is 635. The molecule has 3 rings (SSSR count). The molecule has 0 saturated heterocycles. The zero-order valence-corrected chi connectivity index (χ0v) is 10.7. The minimum atomic E-state index is -1.09. The molecule has 0 saturated carbocycles. The first-order valence-electron chi connectivity index (χ1n) is 6.20. The quantitative estimate of drug-likeness (QED) is 0.516. The molecule has 0 amide bonds. The highest BCUT2D eigenvalue weighted by Gasteiger charge is 2.47. The fourth-order valence-corrected chi connectivity index (χ4v) is 2.85. The fraction of sp³-hybridized carbons (Fsp3) is 0.357. The number of aliphatic hydroxyl groups excluding tert-OH is 2. The second kappa shape index (κ2) is 3.97. The third-order valence-electron chi connectivity index (χ3n) is 3.81. The molecule has 20 heavy (non-hydrogen) atoms. The van der Waals surface area contributed by atoms with Gasteiger partial charge in [-0.1, -0.05) is 0 Å². The third kappa shape index (κ3) is 1.69. The van der Waals surface area contributed by atoms with Gasteiger partial charge in [0.2, 0.25) is 0 Å². The van der Waals surface area contributed by atoms with Crippen LogP contribution in [0.2, 0.25) is 0 Å². The number of carbonyl (C=O) groups is 1. The van der Waals surface area contributed by atoms with E-state index in [0.29, 0.717) is 11.1 Å². The van der Waals surface area contributed by atoms with Crippen molar-refractivity contribution in [2.75, 3.05) is 0 Å². The number of aliphatic hydroxyl groups is 2. The molecule has 6 nitrogen and oxygen atoms in total. The summed E-state index contributed by atoms with van der Waals surface area (Å²) < 4.78 is 5.32. The number of phenols is 2. The predicted octanol–water partition coefficient (Wildman–Crippen LogP) is 0.536. The zero-order chi connectivity index (χ0) is 14.7. The number of benzene rings is 1. The molecule has 0 bridgehead atoms. The van der Waals surface area contributed by atoms with Crippen molar-refractivity contribution in [3.05, 3.63) is 29.3 Å². The minimum Gasteiger partial charge on any atom is -0.508 e. The van der Waals surface area contributed by atoms with Gasteiger partial charge in [-0.15, -0.1) is 0 Å². The summed E-state index contributed by atoms with van der Waals surface area (Å²) in [5, 5.41) is 38.9. The van der Waals surface area contributed by atoms with E-state index in [1.807, 2.05) is 0 Å². The number of ether oxygens (including phenoxy) is 1. The second-order valence-corrected chi connectivity index (χ2v) is 5.35. The summed E-state index contributed by atoms with van der Waals surface area (Å²) in [6, 6.07) is 2.39. The fourth-order valence-electron chi connectivity index (χ4n) is 2.85. The van der Waals surface area contributed by atoms with E-state index in [1.54, 1.807) is 6.92 Å². The number of hydrogen-bond acceptors (Lipinski definition) is 6. The van der Waals surface area contributed by atoms with Gasteiger partial charge in [0.25, 0.3) is 0 Å². The lowest BCUT2D eigenvalue weighted by molar-refractivity contribution is -0.0387. The van der Waals surface area contributed by atoms with Crippen LogP contribution in [0.15, 0.2) is 18.2 Å². The Morgan fingerprint density at radius 1 is 1.30 bits per heavy atom. The Balaban J connectivity index is 2.28. The molecule has 0 spiro atoms. The highest BCUT2D eigenvalue weighted by molar-refractivity contribution is 6.03. The first kappa shape index (κ1) is 13.0. The normalized spacial score (nSPS) is 31.9. The Labute approximate surface area is 114 Å². The van der Waals surface area contributed by atoms with Gasteiger partial charge >= 0.3 is 5.97 Å². The lowest BCUT2D eigenvalue weighted by Crippen LogP contribution is -2.47. The molecule has 0 aromatic heterocycles. The van der Waals surface area contributed by atoms with Crippen LogP contribution in [0.5, 0.6) is 11.5 Å². The maximum absolute atomic E-state index is 12.0. The van der Waals surface area contributed by atoms with Crippen molar-refractivity contribution in [3.63, 3.8) is 0 Å². The summed E-state index contributed by atoms with van der Waals surface area (Å²) in [4.78, 5) is 12.0. The zero-order valence-electron chi connectivity index (χ0n) is 10.7. The van der Waals surface area contributed by atoms with Crippen LogP contribution < -0.4 is 0 Å². The molecular formula is C14H14O6. The van der Waals surface area contributed by atoms with Crippen LogP contribution in [0.3, 0.4) is 0 Å². The molecule has 6 heteroatoms. The van der Waals surface area contributed by atoms with E-state index in [2.05, 4.69) is 0 Å². The first-order chi connectivity index (χ1) is 9.32. The van der Waals surface area contributed by atoms with Crippen LogP contribution >= 0.6 is 0 Å². The smallest absolute Gasteiger partial charge is 0.343 e. The van der Waals surface area contributed by atoms with Gasteiger partial charge in [-0.3, -0.25) is 0 Å². The van der Waals surface area contributed by atoms with E-state index in [9.17, 15) is 25.2 Å². The van der Waals surface area contributed by atoms with E-state index >= 15 is 0 Å². The standard InChI is InChI=1S/C14H14O6/c1-14-5-11(18)9(16)4-8(14)7-2-6(15)3-10(17)12(7)13(19)20-14/h2-4,9,11,15-18H,5H2,1H3/t9-,11-,14+/m1/s1. The van der Waals surface area contributed by atoms with E-state index in [1.165, 1.54) is 12.1 Å². The molecule has 106 valence electrons. The van der Waals surface area contributed by atoms with Gasteiger partial charge in [0.15, 0.2) is 0 Å². The molecule has 0 radical (unpaired) electrons. The number of fused-ring (bicyclic) bond motifs is 3. The highest BCUT2D eigenvalue weighted by atomic mass is 16.6. The van der Waals surface area contributed by atoms with Crippen molar-refractivity contribution in [1.29, 1.82) is 0 Å². The molecule has 1 aliphatic heterocycles. The Kier molecular flexibility index (Phi) is 2.57. The molecule has 1 aromatic rings. The Morgan fingerprint density at radius 3 is 2.70 bits per heavy atom. The molecule has 4 N–H and O–H groups in total. The lowest BCUT2D eigenvalue weighted by Gasteiger charge is -2.42. The number of aromatic hydroxyl groups is 2. The first-order valence-corrected chi connectivity index (χ1v) is 6.20. The Morgan fingerprint density at radius 2 is 2.00 bits per heavy atom. The van der Waals surface area contributed by atoms with Crippen LogP contribution in [0, 0.1) is 0 Å². The molecule has 1 aliphatic carbocycles. The van der Waals surface area contributed by atoms with Crippen molar-refractivity contribution in [3.8, 4) is 11.5 Å². The second-order valence-electron chi connectivity index (χ2n) is 5.35. The van der Waals surface area contributed by atoms with Gasteiger partial charge in [0, 0.05) is 23.6 Å². The average Bonchev–Trinajstić information content (AvgIpc) is 2.31. The molecule has 1 aromatic carbocycles.